The number of fused-ring (bicyclic) bond motifs is 1. The van der Waals surface area contributed by atoms with E-state index in [1.807, 2.05) is 0 Å². The minimum atomic E-state index is -1.10. The highest BCUT2D eigenvalue weighted by Gasteiger charge is 2.36. The van der Waals surface area contributed by atoms with Crippen LogP contribution in [0.25, 0.3) is 0 Å². The Bertz CT molecular complexity index is 885. The Labute approximate surface area is 163 Å². The molecule has 0 amide bonds. The average molecular weight is 388 g/mol. The van der Waals surface area contributed by atoms with E-state index >= 15 is 0 Å². The fourth-order valence-electron chi connectivity index (χ4n) is 2.82. The maximum atomic E-state index is 13.0. The van der Waals surface area contributed by atoms with Crippen molar-refractivity contribution in [2.45, 2.75) is 52.2 Å². The number of ether oxygens (including phenoxy) is 1. The van der Waals surface area contributed by atoms with Crippen LogP contribution in [0.1, 0.15) is 61.3 Å². The third-order valence-corrected chi connectivity index (χ3v) is 4.55. The SMILES string of the molecule is CC=C(C)C(=O)O[C@H](CCC(C)(C)O)C1=CC(=O)c2c(O)ccc(O)c2C1=O. The number of phenols is 2. The Morgan fingerprint density at radius 3 is 2.29 bits per heavy atom. The second-order valence-corrected chi connectivity index (χ2v) is 7.36. The van der Waals surface area contributed by atoms with Crippen LogP contribution in [0.2, 0.25) is 0 Å². The molecule has 1 aromatic rings. The molecule has 0 radical (unpaired) electrons. The van der Waals surface area contributed by atoms with Gasteiger partial charge in [0.05, 0.1) is 16.7 Å². The van der Waals surface area contributed by atoms with E-state index in [-0.39, 0.29) is 29.5 Å². The molecule has 7 heteroatoms. The van der Waals surface area contributed by atoms with Gasteiger partial charge in [-0.3, -0.25) is 9.59 Å². The van der Waals surface area contributed by atoms with Crippen LogP contribution in [0.4, 0.5) is 0 Å². The van der Waals surface area contributed by atoms with Gasteiger partial charge in [-0.2, -0.15) is 0 Å². The molecule has 0 aliphatic heterocycles. The van der Waals surface area contributed by atoms with Crippen LogP contribution in [-0.2, 0) is 9.53 Å². The lowest BCUT2D eigenvalue weighted by atomic mass is 9.84. The fourth-order valence-corrected chi connectivity index (χ4v) is 2.82. The van der Waals surface area contributed by atoms with Crippen molar-refractivity contribution < 1.29 is 34.4 Å². The smallest absolute Gasteiger partial charge is 0.333 e. The van der Waals surface area contributed by atoms with Gasteiger partial charge in [-0.1, -0.05) is 6.08 Å². The first-order valence-corrected chi connectivity index (χ1v) is 8.88. The van der Waals surface area contributed by atoms with Gasteiger partial charge >= 0.3 is 5.97 Å². The van der Waals surface area contributed by atoms with Crippen LogP contribution in [0.15, 0.2) is 35.4 Å². The predicted octanol–water partition coefficient (Wildman–Crippen LogP) is 2.83. The number of esters is 1. The standard InChI is InChI=1S/C21H24O7/c1-5-11(2)20(26)28-16(8-9-21(3,4)27)12-10-15(24)17-13(22)6-7-14(23)18(17)19(12)25/h5-7,10,16,22-23,27H,8-9H2,1-4H3/t16-/m1/s1. The summed E-state index contributed by atoms with van der Waals surface area (Å²) in [6, 6.07) is 2.24. The van der Waals surface area contributed by atoms with Crippen molar-refractivity contribution in [3.63, 3.8) is 0 Å². The Morgan fingerprint density at radius 1 is 1.18 bits per heavy atom. The molecule has 0 fully saturated rings. The topological polar surface area (TPSA) is 121 Å². The lowest BCUT2D eigenvalue weighted by Gasteiger charge is -2.26. The summed E-state index contributed by atoms with van der Waals surface area (Å²) >= 11 is 0. The van der Waals surface area contributed by atoms with E-state index in [0.29, 0.717) is 5.57 Å². The molecule has 7 nitrogen and oxygen atoms in total. The Hall–Kier alpha value is -2.93. The Balaban J connectivity index is 2.47. The largest absolute Gasteiger partial charge is 0.507 e. The van der Waals surface area contributed by atoms with Gasteiger partial charge in [-0.05, 0) is 58.7 Å². The summed E-state index contributed by atoms with van der Waals surface area (Å²) in [7, 11) is 0. The third-order valence-electron chi connectivity index (χ3n) is 4.55. The molecule has 0 heterocycles. The van der Waals surface area contributed by atoms with Crippen LogP contribution >= 0.6 is 0 Å². The zero-order valence-corrected chi connectivity index (χ0v) is 16.3. The van der Waals surface area contributed by atoms with Crippen molar-refractivity contribution in [2.24, 2.45) is 0 Å². The molecule has 2 rings (SSSR count). The van der Waals surface area contributed by atoms with Crippen molar-refractivity contribution in [3.05, 3.63) is 46.6 Å². The monoisotopic (exact) mass is 388 g/mol. The lowest BCUT2D eigenvalue weighted by Crippen LogP contribution is -2.31. The second kappa shape index (κ2) is 7.98. The van der Waals surface area contributed by atoms with E-state index in [1.165, 1.54) is 0 Å². The number of rotatable bonds is 6. The number of ketones is 2. The third kappa shape index (κ3) is 4.48. The van der Waals surface area contributed by atoms with Gasteiger partial charge in [-0.25, -0.2) is 4.79 Å². The molecular weight excluding hydrogens is 364 g/mol. The van der Waals surface area contributed by atoms with Crippen molar-refractivity contribution in [3.8, 4) is 11.5 Å². The summed E-state index contributed by atoms with van der Waals surface area (Å²) in [5.41, 5.74) is -1.48. The minimum Gasteiger partial charge on any atom is -0.507 e. The fraction of sp³-hybridized carbons (Fsp3) is 0.381. The maximum Gasteiger partial charge on any atom is 0.333 e. The number of carbonyl (C=O) groups is 3. The number of hydrogen-bond donors (Lipinski definition) is 3. The highest BCUT2D eigenvalue weighted by molar-refractivity contribution is 6.27. The van der Waals surface area contributed by atoms with Gasteiger partial charge in [0.2, 0.25) is 0 Å². The molecule has 28 heavy (non-hydrogen) atoms. The molecule has 0 aromatic heterocycles. The molecule has 0 saturated carbocycles. The first-order valence-electron chi connectivity index (χ1n) is 8.88. The molecule has 1 atom stereocenters. The lowest BCUT2D eigenvalue weighted by molar-refractivity contribution is -0.143. The summed E-state index contributed by atoms with van der Waals surface area (Å²) in [5.74, 6) is -2.92. The van der Waals surface area contributed by atoms with E-state index < -0.39 is 40.7 Å². The summed E-state index contributed by atoms with van der Waals surface area (Å²) in [6.45, 7) is 6.36. The minimum absolute atomic E-state index is 0.0893. The van der Waals surface area contributed by atoms with E-state index in [0.717, 1.165) is 18.2 Å². The first kappa shape index (κ1) is 21.4. The van der Waals surface area contributed by atoms with E-state index in [9.17, 15) is 29.7 Å². The Kier molecular flexibility index (Phi) is 6.09. The maximum absolute atomic E-state index is 13.0. The van der Waals surface area contributed by atoms with Crippen LogP contribution in [0, 0.1) is 0 Å². The molecule has 1 aliphatic carbocycles. The highest BCUT2D eigenvalue weighted by Crippen LogP contribution is 2.36. The van der Waals surface area contributed by atoms with Gasteiger partial charge in [0.1, 0.15) is 17.6 Å². The molecular formula is C21H24O7. The van der Waals surface area contributed by atoms with Gasteiger partial charge in [0.15, 0.2) is 11.6 Å². The normalized spacial score (nSPS) is 15.8. The summed E-state index contributed by atoms with van der Waals surface area (Å²) < 4.78 is 5.44. The number of hydrogen-bond acceptors (Lipinski definition) is 7. The quantitative estimate of drug-likeness (QED) is 0.389. The number of Topliss-reactive ketones (excluding diaryl/α,β-unsaturated/α-hetero) is 1. The summed E-state index contributed by atoms with van der Waals surface area (Å²) in [5, 5.41) is 30.0. The van der Waals surface area contributed by atoms with Crippen molar-refractivity contribution >= 4 is 17.5 Å². The summed E-state index contributed by atoms with van der Waals surface area (Å²) in [4.78, 5) is 37.7. The number of benzene rings is 1. The van der Waals surface area contributed by atoms with Crippen molar-refractivity contribution in [1.29, 1.82) is 0 Å². The molecule has 3 N–H and O–H groups in total. The van der Waals surface area contributed by atoms with Crippen molar-refractivity contribution in [1.82, 2.24) is 0 Å². The van der Waals surface area contributed by atoms with E-state index in [1.54, 1.807) is 33.8 Å². The molecule has 0 saturated heterocycles. The zero-order valence-electron chi connectivity index (χ0n) is 16.3. The second-order valence-electron chi connectivity index (χ2n) is 7.36. The summed E-state index contributed by atoms with van der Waals surface area (Å²) in [6.07, 6.45) is 1.75. The average Bonchev–Trinajstić information content (AvgIpc) is 2.61. The van der Waals surface area contributed by atoms with Crippen LogP contribution < -0.4 is 0 Å². The molecule has 0 bridgehead atoms. The number of phenolic OH excluding ortho intramolecular Hbond substituents is 2. The predicted molar refractivity (Wildman–Crippen MR) is 101 cm³/mol. The molecule has 0 spiro atoms. The van der Waals surface area contributed by atoms with Gasteiger partial charge in [0, 0.05) is 11.1 Å². The van der Waals surface area contributed by atoms with Crippen LogP contribution in [0.5, 0.6) is 11.5 Å². The number of aliphatic hydroxyl groups is 1. The molecule has 150 valence electrons. The number of aromatic hydroxyl groups is 2. The van der Waals surface area contributed by atoms with Crippen LogP contribution in [0.3, 0.4) is 0 Å². The van der Waals surface area contributed by atoms with Gasteiger partial charge in [0.25, 0.3) is 0 Å². The molecule has 1 aromatic carbocycles. The number of carbonyl (C=O) groups excluding carboxylic acids is 3. The van der Waals surface area contributed by atoms with E-state index in [2.05, 4.69) is 0 Å². The molecule has 1 aliphatic rings. The molecule has 0 unspecified atom stereocenters. The zero-order chi connectivity index (χ0) is 21.2. The van der Waals surface area contributed by atoms with Gasteiger partial charge < -0.3 is 20.1 Å². The number of allylic oxidation sites excluding steroid dienone is 2. The van der Waals surface area contributed by atoms with E-state index in [4.69, 9.17) is 4.74 Å². The first-order chi connectivity index (χ1) is 13.0. The highest BCUT2D eigenvalue weighted by atomic mass is 16.5. The van der Waals surface area contributed by atoms with Crippen LogP contribution in [-0.4, -0.2) is 44.6 Å². The van der Waals surface area contributed by atoms with Crippen molar-refractivity contribution in [2.75, 3.05) is 0 Å². The van der Waals surface area contributed by atoms with Gasteiger partial charge in [-0.15, -0.1) is 0 Å². The Morgan fingerprint density at radius 2 is 1.75 bits per heavy atom.